The Balaban J connectivity index is 3.03. The second kappa shape index (κ2) is 4.29. The van der Waals surface area contributed by atoms with E-state index in [4.69, 9.17) is 0 Å². The SMILES string of the molecule is C=C/C=C(/[C]=O)c1ccccc1. The van der Waals surface area contributed by atoms with Crippen LogP contribution in [0.25, 0.3) is 5.57 Å². The van der Waals surface area contributed by atoms with Crippen molar-refractivity contribution in [3.05, 3.63) is 54.6 Å². The van der Waals surface area contributed by atoms with Crippen LogP contribution in [0, 0.1) is 0 Å². The van der Waals surface area contributed by atoms with E-state index in [-0.39, 0.29) is 0 Å². The van der Waals surface area contributed by atoms with Gasteiger partial charge in [-0.15, -0.1) is 0 Å². The molecule has 0 spiro atoms. The van der Waals surface area contributed by atoms with Gasteiger partial charge in [0, 0.05) is 5.57 Å². The molecule has 12 heavy (non-hydrogen) atoms. The summed E-state index contributed by atoms with van der Waals surface area (Å²) in [6, 6.07) is 9.38. The van der Waals surface area contributed by atoms with E-state index in [2.05, 4.69) is 6.58 Å². The minimum absolute atomic E-state index is 0.533. The summed E-state index contributed by atoms with van der Waals surface area (Å²) in [4.78, 5) is 10.5. The molecule has 1 rings (SSSR count). The maximum atomic E-state index is 10.5. The molecule has 0 saturated carbocycles. The molecule has 0 aromatic heterocycles. The predicted octanol–water partition coefficient (Wildman–Crippen LogP) is 2.37. The Bertz CT molecular complexity index is 296. The van der Waals surface area contributed by atoms with Crippen LogP contribution < -0.4 is 0 Å². The minimum Gasteiger partial charge on any atom is -0.285 e. The lowest BCUT2D eigenvalue weighted by molar-refractivity contribution is 0.565. The highest BCUT2D eigenvalue weighted by atomic mass is 16.1. The molecule has 0 atom stereocenters. The molecule has 0 unspecified atom stereocenters. The Morgan fingerprint density at radius 2 is 2.00 bits per heavy atom. The van der Waals surface area contributed by atoms with Crippen molar-refractivity contribution in [1.82, 2.24) is 0 Å². The van der Waals surface area contributed by atoms with Crippen molar-refractivity contribution in [2.45, 2.75) is 0 Å². The first kappa shape index (κ1) is 8.47. The van der Waals surface area contributed by atoms with Gasteiger partial charge in [-0.25, -0.2) is 0 Å². The average molecular weight is 157 g/mol. The van der Waals surface area contributed by atoms with Crippen LogP contribution in [0.3, 0.4) is 0 Å². The number of hydrogen-bond donors (Lipinski definition) is 0. The number of allylic oxidation sites excluding steroid dienone is 3. The lowest BCUT2D eigenvalue weighted by Crippen LogP contribution is -1.83. The smallest absolute Gasteiger partial charge is 0.234 e. The minimum atomic E-state index is 0.533. The number of rotatable bonds is 3. The summed E-state index contributed by atoms with van der Waals surface area (Å²) in [5.41, 5.74) is 1.40. The van der Waals surface area contributed by atoms with Crippen LogP contribution in [0.15, 0.2) is 49.1 Å². The van der Waals surface area contributed by atoms with Crippen molar-refractivity contribution in [3.63, 3.8) is 0 Å². The van der Waals surface area contributed by atoms with E-state index in [1.165, 1.54) is 0 Å². The number of hydrogen-bond acceptors (Lipinski definition) is 1. The number of carbonyl (C=O) groups excluding carboxylic acids is 1. The molecular weight excluding hydrogens is 148 g/mol. The van der Waals surface area contributed by atoms with E-state index in [1.54, 1.807) is 12.2 Å². The second-order valence-corrected chi connectivity index (χ2v) is 2.28. The van der Waals surface area contributed by atoms with E-state index in [0.29, 0.717) is 5.57 Å². The first-order chi connectivity index (χ1) is 5.88. The summed E-state index contributed by atoms with van der Waals surface area (Å²) in [7, 11) is 0. The first-order valence-electron chi connectivity index (χ1n) is 3.65. The average Bonchev–Trinajstić information content (AvgIpc) is 2.15. The van der Waals surface area contributed by atoms with Gasteiger partial charge in [0.15, 0.2) is 0 Å². The van der Waals surface area contributed by atoms with Crippen LogP contribution in [0.2, 0.25) is 0 Å². The summed E-state index contributed by atoms with van der Waals surface area (Å²) < 4.78 is 0. The van der Waals surface area contributed by atoms with Crippen LogP contribution in [-0.2, 0) is 4.79 Å². The molecule has 1 heteroatoms. The molecular formula is C11H9O. The summed E-state index contributed by atoms with van der Waals surface area (Å²) in [6.45, 7) is 3.52. The summed E-state index contributed by atoms with van der Waals surface area (Å²) >= 11 is 0. The highest BCUT2D eigenvalue weighted by Gasteiger charge is 1.96. The largest absolute Gasteiger partial charge is 0.285 e. The first-order valence-corrected chi connectivity index (χ1v) is 3.65. The highest BCUT2D eigenvalue weighted by molar-refractivity contribution is 6.07. The third-order valence-electron chi connectivity index (χ3n) is 1.48. The monoisotopic (exact) mass is 157 g/mol. The number of benzene rings is 1. The van der Waals surface area contributed by atoms with Gasteiger partial charge in [-0.2, -0.15) is 0 Å². The fourth-order valence-electron chi connectivity index (χ4n) is 0.925. The van der Waals surface area contributed by atoms with Gasteiger partial charge < -0.3 is 0 Å². The summed E-state index contributed by atoms with van der Waals surface area (Å²) in [5, 5.41) is 0. The molecule has 0 N–H and O–H groups in total. The summed E-state index contributed by atoms with van der Waals surface area (Å²) in [5.74, 6) is 0. The fraction of sp³-hybridized carbons (Fsp3) is 0. The van der Waals surface area contributed by atoms with Gasteiger partial charge in [-0.05, 0) is 5.56 Å². The van der Waals surface area contributed by atoms with Crippen LogP contribution in [0.4, 0.5) is 0 Å². The van der Waals surface area contributed by atoms with Crippen molar-refractivity contribution in [2.24, 2.45) is 0 Å². The van der Waals surface area contributed by atoms with E-state index in [0.717, 1.165) is 5.56 Å². The summed E-state index contributed by atoms with van der Waals surface area (Å²) in [6.07, 6.45) is 5.08. The van der Waals surface area contributed by atoms with E-state index < -0.39 is 0 Å². The molecule has 0 amide bonds. The van der Waals surface area contributed by atoms with Crippen molar-refractivity contribution < 1.29 is 4.79 Å². The molecule has 0 aliphatic carbocycles. The molecule has 0 saturated heterocycles. The van der Waals surface area contributed by atoms with Crippen LogP contribution in [-0.4, -0.2) is 6.29 Å². The van der Waals surface area contributed by atoms with Gasteiger partial charge in [0.1, 0.15) is 0 Å². The van der Waals surface area contributed by atoms with Gasteiger partial charge in [0.05, 0.1) is 0 Å². The zero-order chi connectivity index (χ0) is 8.81. The van der Waals surface area contributed by atoms with Crippen molar-refractivity contribution in [2.75, 3.05) is 0 Å². The van der Waals surface area contributed by atoms with E-state index in [1.807, 2.05) is 36.6 Å². The molecule has 0 bridgehead atoms. The molecule has 1 radical (unpaired) electrons. The van der Waals surface area contributed by atoms with Crippen molar-refractivity contribution in [3.8, 4) is 0 Å². The lowest BCUT2D eigenvalue weighted by atomic mass is 10.1. The van der Waals surface area contributed by atoms with Gasteiger partial charge in [0.2, 0.25) is 6.29 Å². The maximum absolute atomic E-state index is 10.5. The van der Waals surface area contributed by atoms with Crippen LogP contribution in [0.5, 0.6) is 0 Å². The molecule has 0 heterocycles. The van der Waals surface area contributed by atoms with Crippen LogP contribution >= 0.6 is 0 Å². The van der Waals surface area contributed by atoms with E-state index in [9.17, 15) is 4.79 Å². The Labute approximate surface area is 72.0 Å². The topological polar surface area (TPSA) is 17.1 Å². The van der Waals surface area contributed by atoms with Gasteiger partial charge in [-0.3, -0.25) is 4.79 Å². The van der Waals surface area contributed by atoms with Crippen molar-refractivity contribution in [1.29, 1.82) is 0 Å². The zero-order valence-corrected chi connectivity index (χ0v) is 6.66. The standard InChI is InChI=1S/C11H9O/c1-2-6-11(9-12)10-7-4-3-5-8-10/h2-8H,1H2/b11-6-. The molecule has 0 aliphatic heterocycles. The Morgan fingerprint density at radius 3 is 2.50 bits per heavy atom. The second-order valence-electron chi connectivity index (χ2n) is 2.28. The molecule has 1 nitrogen and oxygen atoms in total. The van der Waals surface area contributed by atoms with Gasteiger partial charge in [-0.1, -0.05) is 49.1 Å². The van der Waals surface area contributed by atoms with Gasteiger partial charge in [0.25, 0.3) is 0 Å². The third-order valence-corrected chi connectivity index (χ3v) is 1.48. The maximum Gasteiger partial charge on any atom is 0.234 e. The lowest BCUT2D eigenvalue weighted by Gasteiger charge is -1.95. The third kappa shape index (κ3) is 1.92. The van der Waals surface area contributed by atoms with Crippen molar-refractivity contribution >= 4 is 11.9 Å². The molecule has 0 aliphatic rings. The van der Waals surface area contributed by atoms with Gasteiger partial charge >= 0.3 is 0 Å². The Morgan fingerprint density at radius 1 is 1.33 bits per heavy atom. The molecule has 1 aromatic rings. The van der Waals surface area contributed by atoms with E-state index >= 15 is 0 Å². The molecule has 1 aromatic carbocycles. The predicted molar refractivity (Wildman–Crippen MR) is 50.3 cm³/mol. The normalized spacial score (nSPS) is 10.8. The molecule has 59 valence electrons. The zero-order valence-electron chi connectivity index (χ0n) is 6.66. The highest BCUT2D eigenvalue weighted by Crippen LogP contribution is 2.10. The molecule has 0 fully saturated rings. The van der Waals surface area contributed by atoms with Crippen LogP contribution in [0.1, 0.15) is 5.56 Å². The Hall–Kier alpha value is -1.63. The fourth-order valence-corrected chi connectivity index (χ4v) is 0.925. The Kier molecular flexibility index (Phi) is 3.03. The quantitative estimate of drug-likeness (QED) is 0.486.